The molecule has 0 aliphatic carbocycles. The van der Waals surface area contributed by atoms with E-state index in [2.05, 4.69) is 0 Å². The molecule has 1 aliphatic rings. The van der Waals surface area contributed by atoms with E-state index in [1.54, 1.807) is 13.8 Å². The molecule has 3 atom stereocenters. The van der Waals surface area contributed by atoms with Crippen molar-refractivity contribution in [2.45, 2.75) is 38.8 Å². The lowest BCUT2D eigenvalue weighted by Gasteiger charge is -2.39. The fourth-order valence-corrected chi connectivity index (χ4v) is 3.59. The summed E-state index contributed by atoms with van der Waals surface area (Å²) in [6.07, 6.45) is -2.74. The second-order valence-electron chi connectivity index (χ2n) is 4.01. The van der Waals surface area contributed by atoms with Gasteiger partial charge in [0.1, 0.15) is 12.2 Å². The van der Waals surface area contributed by atoms with Crippen LogP contribution < -0.4 is 0 Å². The lowest BCUT2D eigenvalue weighted by atomic mass is 10.2. The van der Waals surface area contributed by atoms with Crippen LogP contribution in [0.5, 0.6) is 0 Å². The number of carbonyl (C=O) groups excluding carboxylic acids is 1. The van der Waals surface area contributed by atoms with Gasteiger partial charge in [-0.15, -0.1) is 0 Å². The lowest BCUT2D eigenvalue weighted by molar-refractivity contribution is -0.251. The predicted molar refractivity (Wildman–Crippen MR) is 65.1 cm³/mol. The maximum absolute atomic E-state index is 12.5. The Hall–Kier alpha value is -0.500. The molecule has 1 amide bonds. The van der Waals surface area contributed by atoms with Crippen molar-refractivity contribution in [3.8, 4) is 0 Å². The van der Waals surface area contributed by atoms with Crippen LogP contribution in [0.15, 0.2) is 0 Å². The fourth-order valence-electron chi connectivity index (χ4n) is 1.70. The smallest absolute Gasteiger partial charge is 0.364 e. The Morgan fingerprint density at radius 3 is 2.32 bits per heavy atom. The number of aliphatic hydroxyl groups excluding tert-OH is 2. The van der Waals surface area contributed by atoms with Gasteiger partial charge in [-0.25, -0.2) is 5.06 Å². The summed E-state index contributed by atoms with van der Waals surface area (Å²) in [6, 6.07) is 0. The zero-order valence-corrected chi connectivity index (χ0v) is 12.1. The zero-order chi connectivity index (χ0) is 14.6. The van der Waals surface area contributed by atoms with Crippen molar-refractivity contribution in [1.29, 1.82) is 0 Å². The molecule has 0 aromatic rings. The molecular formula is C10H20NO7P. The largest absolute Gasteiger partial charge is 0.388 e. The number of aliphatic hydroxyl groups is 2. The van der Waals surface area contributed by atoms with E-state index in [0.29, 0.717) is 0 Å². The van der Waals surface area contributed by atoms with Crippen LogP contribution in [-0.2, 0) is 23.2 Å². The van der Waals surface area contributed by atoms with Gasteiger partial charge in [0.05, 0.1) is 19.8 Å². The zero-order valence-electron chi connectivity index (χ0n) is 11.2. The minimum absolute atomic E-state index is 0.0834. The van der Waals surface area contributed by atoms with E-state index < -0.39 is 31.6 Å². The molecule has 0 saturated carbocycles. The van der Waals surface area contributed by atoms with Gasteiger partial charge in [0.15, 0.2) is 0 Å². The van der Waals surface area contributed by atoms with Gasteiger partial charge in [-0.1, -0.05) is 0 Å². The number of hydrogen-bond acceptors (Lipinski definition) is 7. The number of carbonyl (C=O) groups is 1. The summed E-state index contributed by atoms with van der Waals surface area (Å²) in [7, 11) is -3.79. The average Bonchev–Trinajstić information content (AvgIpc) is 2.32. The minimum Gasteiger partial charge on any atom is -0.388 e. The maximum Gasteiger partial charge on any atom is 0.364 e. The van der Waals surface area contributed by atoms with Crippen molar-refractivity contribution < 1.29 is 33.5 Å². The summed E-state index contributed by atoms with van der Waals surface area (Å²) in [5.74, 6) is -1.91. The van der Waals surface area contributed by atoms with Crippen LogP contribution in [0.25, 0.3) is 0 Å². The summed E-state index contributed by atoms with van der Waals surface area (Å²) in [5.41, 5.74) is 0. The number of rotatable bonds is 5. The first-order valence-corrected chi connectivity index (χ1v) is 7.66. The summed E-state index contributed by atoms with van der Waals surface area (Å²) in [5, 5.41) is 20.4. The maximum atomic E-state index is 12.5. The second kappa shape index (κ2) is 6.78. The Bertz CT molecular complexity index is 354. The van der Waals surface area contributed by atoms with Crippen molar-refractivity contribution in [2.75, 3.05) is 19.8 Å². The van der Waals surface area contributed by atoms with Crippen molar-refractivity contribution in [1.82, 2.24) is 5.06 Å². The number of nitrogens with zero attached hydrogens (tertiary/aromatic N) is 1. The molecule has 0 unspecified atom stereocenters. The van der Waals surface area contributed by atoms with Crippen LogP contribution in [0.4, 0.5) is 0 Å². The van der Waals surface area contributed by atoms with E-state index in [1.807, 2.05) is 0 Å². The monoisotopic (exact) mass is 297 g/mol. The number of β-amino-alcohol motifs (C(OH)–C–C–N with tert-alkyl or cyclic N) is 1. The van der Waals surface area contributed by atoms with Gasteiger partial charge in [0.2, 0.25) is 11.8 Å². The molecule has 0 radical (unpaired) electrons. The third-order valence-electron chi connectivity index (χ3n) is 2.56. The minimum atomic E-state index is -3.79. The first kappa shape index (κ1) is 16.6. The van der Waals surface area contributed by atoms with Gasteiger partial charge < -0.3 is 19.3 Å². The van der Waals surface area contributed by atoms with Crippen LogP contribution in [0.1, 0.15) is 20.8 Å². The van der Waals surface area contributed by atoms with Crippen LogP contribution in [0.2, 0.25) is 0 Å². The fraction of sp³-hybridized carbons (Fsp3) is 0.900. The molecule has 8 nitrogen and oxygen atoms in total. The highest BCUT2D eigenvalue weighted by Crippen LogP contribution is 2.56. The Morgan fingerprint density at radius 1 is 1.37 bits per heavy atom. The second-order valence-corrected chi connectivity index (χ2v) is 6.11. The van der Waals surface area contributed by atoms with Crippen molar-refractivity contribution in [3.05, 3.63) is 0 Å². The van der Waals surface area contributed by atoms with Gasteiger partial charge in [-0.05, 0) is 13.8 Å². The standard InChI is InChI=1S/C10H20NO7P/c1-4-16-19(15,17-5-2)10-9(14)8(13)6-11(18-10)7(3)12/h8-10,13-14H,4-6H2,1-3H3/t8-,9-,10+/m0/s1. The molecule has 1 saturated heterocycles. The number of hydrogen-bond donors (Lipinski definition) is 2. The van der Waals surface area contributed by atoms with Gasteiger partial charge in [-0.3, -0.25) is 14.2 Å². The predicted octanol–water partition coefficient (Wildman–Crippen LogP) is 0.0941. The quantitative estimate of drug-likeness (QED) is 0.693. The third-order valence-corrected chi connectivity index (χ3v) is 4.81. The normalized spacial score (nSPS) is 28.5. The van der Waals surface area contributed by atoms with Crippen LogP contribution in [-0.4, -0.2) is 59.0 Å². The summed E-state index contributed by atoms with van der Waals surface area (Å²) in [4.78, 5) is 16.4. The summed E-state index contributed by atoms with van der Waals surface area (Å²) >= 11 is 0. The van der Waals surface area contributed by atoms with Crippen molar-refractivity contribution in [3.63, 3.8) is 0 Å². The highest BCUT2D eigenvalue weighted by atomic mass is 31.2. The van der Waals surface area contributed by atoms with E-state index in [4.69, 9.17) is 13.9 Å². The molecule has 9 heteroatoms. The Morgan fingerprint density at radius 2 is 1.89 bits per heavy atom. The highest BCUT2D eigenvalue weighted by molar-refractivity contribution is 7.54. The highest BCUT2D eigenvalue weighted by Gasteiger charge is 2.50. The van der Waals surface area contributed by atoms with Crippen LogP contribution >= 0.6 is 7.60 Å². The molecule has 0 bridgehead atoms. The third kappa shape index (κ3) is 3.75. The SMILES string of the molecule is CCOP(=O)(OCC)[C@H]1ON(C(C)=O)C[C@H](O)[C@@H]1O. The molecule has 1 aliphatic heterocycles. The Balaban J connectivity index is 2.98. The molecule has 2 N–H and O–H groups in total. The summed E-state index contributed by atoms with van der Waals surface area (Å²) in [6.45, 7) is 4.42. The lowest BCUT2D eigenvalue weighted by Crippen LogP contribution is -2.55. The molecule has 0 spiro atoms. The topological polar surface area (TPSA) is 106 Å². The van der Waals surface area contributed by atoms with E-state index in [-0.39, 0.29) is 19.8 Å². The molecule has 1 heterocycles. The molecule has 1 fully saturated rings. The van der Waals surface area contributed by atoms with Gasteiger partial charge in [0.25, 0.3) is 0 Å². The van der Waals surface area contributed by atoms with Crippen LogP contribution in [0, 0.1) is 0 Å². The van der Waals surface area contributed by atoms with Crippen molar-refractivity contribution in [2.24, 2.45) is 0 Å². The van der Waals surface area contributed by atoms with Crippen LogP contribution in [0.3, 0.4) is 0 Å². The molecule has 19 heavy (non-hydrogen) atoms. The number of amides is 1. The summed E-state index contributed by atoms with van der Waals surface area (Å²) < 4.78 is 22.6. The van der Waals surface area contributed by atoms with Gasteiger partial charge in [-0.2, -0.15) is 0 Å². The van der Waals surface area contributed by atoms with Crippen molar-refractivity contribution >= 4 is 13.5 Å². The molecule has 0 aromatic carbocycles. The van der Waals surface area contributed by atoms with E-state index in [0.717, 1.165) is 5.06 Å². The van der Waals surface area contributed by atoms with E-state index >= 15 is 0 Å². The number of hydroxylamine groups is 2. The molecular weight excluding hydrogens is 277 g/mol. The molecule has 0 aromatic heterocycles. The Labute approximate surface area is 111 Å². The first-order valence-electron chi connectivity index (χ1n) is 6.05. The molecule has 112 valence electrons. The van der Waals surface area contributed by atoms with E-state index in [1.165, 1.54) is 6.92 Å². The molecule has 1 rings (SSSR count). The average molecular weight is 297 g/mol. The van der Waals surface area contributed by atoms with Gasteiger partial charge >= 0.3 is 7.60 Å². The van der Waals surface area contributed by atoms with Gasteiger partial charge in [0, 0.05) is 6.92 Å². The Kier molecular flexibility index (Phi) is 5.91. The van der Waals surface area contributed by atoms with E-state index in [9.17, 15) is 19.6 Å². The first-order chi connectivity index (χ1) is 8.85.